The summed E-state index contributed by atoms with van der Waals surface area (Å²) in [5, 5.41) is 0. The van der Waals surface area contributed by atoms with Crippen LogP contribution in [0.2, 0.25) is 0 Å². The fraction of sp³-hybridized carbons (Fsp3) is 0.708. The summed E-state index contributed by atoms with van der Waals surface area (Å²) in [5.41, 5.74) is 0.551. The van der Waals surface area contributed by atoms with Gasteiger partial charge in [0.2, 0.25) is 0 Å². The van der Waals surface area contributed by atoms with Gasteiger partial charge < -0.3 is 0 Å². The molecule has 1 aromatic carbocycles. The Morgan fingerprint density at radius 2 is 1.07 bits per heavy atom. The summed E-state index contributed by atoms with van der Waals surface area (Å²) in [5.74, 6) is 0.153. The molecule has 0 atom stereocenters. The molecule has 0 unspecified atom stereocenters. The number of carbonyl (C=O) groups excluding carboxylic acids is 1. The second-order valence-electron chi connectivity index (χ2n) is 8.00. The second kappa shape index (κ2) is 14.8. The van der Waals surface area contributed by atoms with Gasteiger partial charge in [0.25, 0.3) is 0 Å². The van der Waals surface area contributed by atoms with Crippen molar-refractivity contribution < 1.29 is 13.2 Å². The third kappa shape index (κ3) is 11.0. The van der Waals surface area contributed by atoms with Crippen LogP contribution >= 0.6 is 0 Å². The lowest BCUT2D eigenvalue weighted by Crippen LogP contribution is -2.07. The van der Waals surface area contributed by atoms with E-state index in [4.69, 9.17) is 0 Å². The first-order valence-electron chi connectivity index (χ1n) is 11.3. The predicted octanol–water partition coefficient (Wildman–Crippen LogP) is 7.14. The first-order valence-corrected chi connectivity index (χ1v) is 13.0. The molecule has 0 spiro atoms. The highest BCUT2D eigenvalue weighted by molar-refractivity contribution is 7.91. The fourth-order valence-corrected chi connectivity index (χ4v) is 4.87. The molecule has 28 heavy (non-hydrogen) atoms. The van der Waals surface area contributed by atoms with E-state index in [0.29, 0.717) is 16.9 Å². The summed E-state index contributed by atoms with van der Waals surface area (Å²) in [7, 11) is -3.23. The van der Waals surface area contributed by atoms with Crippen molar-refractivity contribution in [2.45, 2.75) is 109 Å². The van der Waals surface area contributed by atoms with E-state index in [1.807, 2.05) is 0 Å². The smallest absolute Gasteiger partial charge is 0.178 e. The largest absolute Gasteiger partial charge is 0.295 e. The van der Waals surface area contributed by atoms with Crippen molar-refractivity contribution in [3.63, 3.8) is 0 Å². The van der Waals surface area contributed by atoms with Crippen LogP contribution in [0.1, 0.15) is 114 Å². The van der Waals surface area contributed by atoms with Gasteiger partial charge in [-0.3, -0.25) is 4.79 Å². The van der Waals surface area contributed by atoms with Gasteiger partial charge in [0.05, 0.1) is 10.6 Å². The Morgan fingerprint density at radius 1 is 0.679 bits per heavy atom. The van der Waals surface area contributed by atoms with E-state index in [0.717, 1.165) is 12.8 Å². The van der Waals surface area contributed by atoms with Gasteiger partial charge >= 0.3 is 0 Å². The molecule has 0 bridgehead atoms. The number of carbonyl (C=O) groups is 1. The molecule has 0 fully saturated rings. The molecule has 160 valence electrons. The third-order valence-corrected chi connectivity index (χ3v) is 7.20. The van der Waals surface area contributed by atoms with Crippen molar-refractivity contribution in [2.75, 3.05) is 5.75 Å². The Balaban J connectivity index is 2.02. The molecule has 0 saturated heterocycles. The van der Waals surface area contributed by atoms with Crippen LogP contribution in [-0.4, -0.2) is 20.0 Å². The Bertz CT molecular complexity index is 632. The predicted molar refractivity (Wildman–Crippen MR) is 119 cm³/mol. The first-order chi connectivity index (χ1) is 13.5. The van der Waals surface area contributed by atoms with Gasteiger partial charge in [0, 0.05) is 5.56 Å². The number of sulfone groups is 1. The molecule has 0 aliphatic heterocycles. The molecule has 0 radical (unpaired) electrons. The van der Waals surface area contributed by atoms with E-state index in [1.165, 1.54) is 77.6 Å². The van der Waals surface area contributed by atoms with Crippen LogP contribution < -0.4 is 0 Å². The Kier molecular flexibility index (Phi) is 13.1. The zero-order valence-electron chi connectivity index (χ0n) is 18.0. The van der Waals surface area contributed by atoms with Gasteiger partial charge in [-0.2, -0.15) is 0 Å². The van der Waals surface area contributed by atoms with E-state index < -0.39 is 9.84 Å². The van der Waals surface area contributed by atoms with Gasteiger partial charge in [0.1, 0.15) is 0 Å². The van der Waals surface area contributed by atoms with Crippen molar-refractivity contribution in [1.29, 1.82) is 0 Å². The highest BCUT2D eigenvalue weighted by Gasteiger charge is 2.14. The number of rotatable bonds is 17. The molecule has 0 aromatic heterocycles. The van der Waals surface area contributed by atoms with E-state index in [1.54, 1.807) is 24.3 Å². The van der Waals surface area contributed by atoms with E-state index >= 15 is 0 Å². The lowest BCUT2D eigenvalue weighted by molar-refractivity contribution is 0.101. The zero-order valence-corrected chi connectivity index (χ0v) is 18.9. The van der Waals surface area contributed by atoms with Crippen molar-refractivity contribution >= 4 is 15.6 Å². The summed E-state index contributed by atoms with van der Waals surface area (Å²) < 4.78 is 24.7. The van der Waals surface area contributed by atoms with Gasteiger partial charge in [-0.1, -0.05) is 103 Å². The maximum atomic E-state index is 12.3. The number of hydrogen-bond acceptors (Lipinski definition) is 3. The van der Waals surface area contributed by atoms with E-state index in [2.05, 4.69) is 6.92 Å². The minimum absolute atomic E-state index is 0.0454. The molecule has 0 heterocycles. The molecule has 1 rings (SSSR count). The zero-order chi connectivity index (χ0) is 20.7. The summed E-state index contributed by atoms with van der Waals surface area (Å²) in [6, 6.07) is 6.30. The summed E-state index contributed by atoms with van der Waals surface area (Å²) >= 11 is 0. The van der Waals surface area contributed by atoms with E-state index in [-0.39, 0.29) is 11.5 Å². The Labute approximate surface area is 173 Å². The molecule has 0 saturated carbocycles. The lowest BCUT2D eigenvalue weighted by Gasteiger charge is -2.06. The van der Waals surface area contributed by atoms with Gasteiger partial charge in [-0.15, -0.1) is 0 Å². The molecule has 4 heteroatoms. The lowest BCUT2D eigenvalue weighted by atomic mass is 10.0. The van der Waals surface area contributed by atoms with Crippen LogP contribution in [0.5, 0.6) is 0 Å². The number of benzene rings is 1. The highest BCUT2D eigenvalue weighted by Crippen LogP contribution is 2.16. The van der Waals surface area contributed by atoms with Crippen molar-refractivity contribution in [3.05, 3.63) is 29.8 Å². The molecule has 3 nitrogen and oxygen atoms in total. The molecular weight excluding hydrogens is 368 g/mol. The number of Topliss-reactive ketones (excluding diaryl/α,β-unsaturated/α-hetero) is 1. The summed E-state index contributed by atoms with van der Waals surface area (Å²) in [4.78, 5) is 11.6. The normalized spacial score (nSPS) is 11.6. The topological polar surface area (TPSA) is 51.2 Å². The monoisotopic (exact) mass is 408 g/mol. The van der Waals surface area contributed by atoms with Crippen LogP contribution in [0, 0.1) is 0 Å². The SMILES string of the molecule is CCCCCCCCCCCCCCCCS(=O)(=O)c1ccc(C(C)=O)cc1. The average molecular weight is 409 g/mol. The van der Waals surface area contributed by atoms with E-state index in [9.17, 15) is 13.2 Å². The number of unbranched alkanes of at least 4 members (excludes halogenated alkanes) is 13. The third-order valence-electron chi connectivity index (χ3n) is 5.39. The van der Waals surface area contributed by atoms with Gasteiger partial charge in [0.15, 0.2) is 15.6 Å². The van der Waals surface area contributed by atoms with Crippen molar-refractivity contribution in [2.24, 2.45) is 0 Å². The van der Waals surface area contributed by atoms with Crippen molar-refractivity contribution in [3.8, 4) is 0 Å². The Hall–Kier alpha value is -1.16. The maximum absolute atomic E-state index is 12.3. The van der Waals surface area contributed by atoms with Gasteiger partial charge in [-0.25, -0.2) is 8.42 Å². The quantitative estimate of drug-likeness (QED) is 0.203. The second-order valence-corrected chi connectivity index (χ2v) is 10.1. The standard InChI is InChI=1S/C24H40O3S/c1-3-4-5-6-7-8-9-10-11-12-13-14-15-16-21-28(26,27)24-19-17-23(18-20-24)22(2)25/h17-20H,3-16,21H2,1-2H3. The number of hydrogen-bond donors (Lipinski definition) is 0. The first kappa shape index (κ1) is 24.9. The molecule has 0 aliphatic carbocycles. The molecule has 0 N–H and O–H groups in total. The Morgan fingerprint density at radius 3 is 1.46 bits per heavy atom. The van der Waals surface area contributed by atoms with Gasteiger partial charge in [-0.05, 0) is 25.5 Å². The molecule has 1 aromatic rings. The summed E-state index contributed by atoms with van der Waals surface area (Å²) in [6.07, 6.45) is 17.6. The maximum Gasteiger partial charge on any atom is 0.178 e. The minimum atomic E-state index is -3.23. The average Bonchev–Trinajstić information content (AvgIpc) is 2.68. The van der Waals surface area contributed by atoms with Crippen LogP contribution in [0.3, 0.4) is 0 Å². The summed E-state index contributed by atoms with van der Waals surface area (Å²) in [6.45, 7) is 3.74. The van der Waals surface area contributed by atoms with Crippen LogP contribution in [0.15, 0.2) is 29.2 Å². The molecule has 0 aliphatic rings. The highest BCUT2D eigenvalue weighted by atomic mass is 32.2. The van der Waals surface area contributed by atoms with Crippen LogP contribution in [-0.2, 0) is 9.84 Å². The number of ketones is 1. The fourth-order valence-electron chi connectivity index (χ4n) is 3.50. The van der Waals surface area contributed by atoms with Crippen LogP contribution in [0.4, 0.5) is 0 Å². The molecule has 0 amide bonds. The minimum Gasteiger partial charge on any atom is -0.295 e. The molecular formula is C24H40O3S. The van der Waals surface area contributed by atoms with Crippen LogP contribution in [0.25, 0.3) is 0 Å². The van der Waals surface area contributed by atoms with Crippen molar-refractivity contribution in [1.82, 2.24) is 0 Å².